The van der Waals surface area contributed by atoms with Crippen LogP contribution in [0.2, 0.25) is 0 Å². The first-order valence-electron chi connectivity index (χ1n) is 23.3. The van der Waals surface area contributed by atoms with Crippen LogP contribution in [0.5, 0.6) is 5.75 Å². The lowest BCUT2D eigenvalue weighted by molar-refractivity contribution is -0.302. The summed E-state index contributed by atoms with van der Waals surface area (Å²) in [7, 11) is 4.69. The molecule has 2 N–H and O–H groups in total. The van der Waals surface area contributed by atoms with Gasteiger partial charge in [-0.05, 0) is 108 Å². The minimum absolute atomic E-state index is 0.0226. The fourth-order valence-corrected chi connectivity index (χ4v) is 10.3. The van der Waals surface area contributed by atoms with Gasteiger partial charge in [0.05, 0.1) is 24.4 Å². The van der Waals surface area contributed by atoms with E-state index in [-0.39, 0.29) is 55.6 Å². The molecule has 1 aliphatic carbocycles. The third-order valence-corrected chi connectivity index (χ3v) is 14.1. The van der Waals surface area contributed by atoms with Crippen molar-refractivity contribution in [3.8, 4) is 5.75 Å². The summed E-state index contributed by atoms with van der Waals surface area (Å²) in [4.78, 5) is 69.7. The van der Waals surface area contributed by atoms with E-state index in [4.69, 9.17) is 28.4 Å². The maximum absolute atomic E-state index is 14.5. The molecule has 14 nitrogen and oxygen atoms in total. The van der Waals surface area contributed by atoms with E-state index in [1.807, 2.05) is 32.9 Å². The van der Waals surface area contributed by atoms with Crippen LogP contribution in [0.1, 0.15) is 123 Å². The molecule has 0 spiro atoms. The number of piperidine rings is 1. The quantitative estimate of drug-likeness (QED) is 0.121. The molecule has 1 amide bonds. The highest BCUT2D eigenvalue weighted by Crippen LogP contribution is 2.39. The van der Waals surface area contributed by atoms with Crippen LogP contribution in [0, 0.1) is 29.6 Å². The number of cyclic esters (lactones) is 1. The van der Waals surface area contributed by atoms with Gasteiger partial charge >= 0.3 is 5.97 Å². The minimum Gasteiger partial charge on any atom is -0.488 e. The van der Waals surface area contributed by atoms with Crippen LogP contribution in [0.3, 0.4) is 0 Å². The predicted molar refractivity (Wildman–Crippen MR) is 238 cm³/mol. The van der Waals surface area contributed by atoms with Gasteiger partial charge in [0, 0.05) is 57.6 Å². The monoisotopic (exact) mass is 896 g/mol. The number of fused-ring (bicyclic) bond motifs is 3. The number of aliphatic hydroxyl groups is 2. The normalized spacial score (nSPS) is 37.7. The second-order valence-electron chi connectivity index (χ2n) is 18.9. The van der Waals surface area contributed by atoms with Crippen LogP contribution < -0.4 is 4.74 Å². The van der Waals surface area contributed by atoms with E-state index in [0.717, 1.165) is 11.9 Å². The molecule has 14 heteroatoms. The number of rotatable bonds is 9. The highest BCUT2D eigenvalue weighted by molar-refractivity contribution is 6.39. The van der Waals surface area contributed by atoms with Crippen molar-refractivity contribution < 1.29 is 62.6 Å². The summed E-state index contributed by atoms with van der Waals surface area (Å²) < 4.78 is 36.6. The molecule has 2 bridgehead atoms. The third-order valence-electron chi connectivity index (χ3n) is 14.1. The van der Waals surface area contributed by atoms with Gasteiger partial charge < -0.3 is 43.5 Å². The number of allylic oxidation sites excluding steroid dienone is 3. The molecule has 1 aromatic carbocycles. The van der Waals surface area contributed by atoms with Gasteiger partial charge in [0.1, 0.15) is 42.2 Å². The van der Waals surface area contributed by atoms with Gasteiger partial charge in [-0.2, -0.15) is 0 Å². The van der Waals surface area contributed by atoms with E-state index in [9.17, 15) is 34.2 Å². The number of methoxy groups -OCH3 is 3. The second-order valence-corrected chi connectivity index (χ2v) is 18.9. The number of carbonyl (C=O) groups is 5. The Balaban J connectivity index is 1.48. The molecule has 4 aliphatic rings. The zero-order valence-corrected chi connectivity index (χ0v) is 39.4. The van der Waals surface area contributed by atoms with Gasteiger partial charge in [-0.1, -0.05) is 57.6 Å². The van der Waals surface area contributed by atoms with E-state index >= 15 is 0 Å². The summed E-state index contributed by atoms with van der Waals surface area (Å²) in [6, 6.07) is 5.82. The number of amides is 1. The summed E-state index contributed by atoms with van der Waals surface area (Å²) in [6.07, 6.45) is 4.87. The zero-order valence-electron chi connectivity index (χ0n) is 39.4. The van der Waals surface area contributed by atoms with Crippen molar-refractivity contribution in [2.45, 2.75) is 167 Å². The molecular weight excluding hydrogens is 823 g/mol. The Morgan fingerprint density at radius 2 is 1.62 bits per heavy atom. The smallest absolute Gasteiger partial charge is 0.329 e. The predicted octanol–water partition coefficient (Wildman–Crippen LogP) is 6.37. The molecule has 0 radical (unpaired) electrons. The van der Waals surface area contributed by atoms with Crippen molar-refractivity contribution in [3.05, 3.63) is 53.1 Å². The third kappa shape index (κ3) is 12.2. The average molecular weight is 896 g/mol. The van der Waals surface area contributed by atoms with Gasteiger partial charge in [0.2, 0.25) is 5.79 Å². The number of carbonyl (C=O) groups excluding carboxylic acids is 5. The van der Waals surface area contributed by atoms with E-state index in [2.05, 4.69) is 6.92 Å². The Kier molecular flexibility index (Phi) is 18.5. The summed E-state index contributed by atoms with van der Waals surface area (Å²) in [5.41, 5.74) is 2.16. The van der Waals surface area contributed by atoms with Crippen molar-refractivity contribution in [2.24, 2.45) is 29.6 Å². The first kappa shape index (κ1) is 51.2. The van der Waals surface area contributed by atoms with Crippen molar-refractivity contribution >= 4 is 29.7 Å². The first-order chi connectivity index (χ1) is 30.5. The molecule has 2 saturated heterocycles. The van der Waals surface area contributed by atoms with Crippen LogP contribution in [0.4, 0.5) is 0 Å². The minimum atomic E-state index is -2.52. The summed E-state index contributed by atoms with van der Waals surface area (Å²) in [6.45, 7) is 11.3. The van der Waals surface area contributed by atoms with Gasteiger partial charge in [-0.15, -0.1) is 0 Å². The van der Waals surface area contributed by atoms with Crippen molar-refractivity contribution in [2.75, 3.05) is 27.9 Å². The SMILES string of the molecule is CCC1/C=C(\C)CC(C)CC(OC)C2OC(O)(C(=O)C(=O)N3CCCCC3C(=O)OC(C(C)=CC3CCC(Oc4cccc(C=O)c4)C(OC)C3)C(C)C(O)CC1=O)C(C)CC2OC. The number of hydrogen-bond donors (Lipinski definition) is 2. The fraction of sp³-hybridized carbons (Fsp3) is 0.700. The number of ketones is 2. The number of esters is 1. The maximum atomic E-state index is 14.5. The second kappa shape index (κ2) is 23.1. The van der Waals surface area contributed by atoms with E-state index in [0.29, 0.717) is 68.3 Å². The number of Topliss-reactive ketones (excluding diaryl/α,β-unsaturated/α-hetero) is 2. The molecule has 0 aromatic heterocycles. The highest BCUT2D eigenvalue weighted by atomic mass is 16.7. The van der Waals surface area contributed by atoms with E-state index in [1.54, 1.807) is 45.2 Å². The number of nitrogens with zero attached hydrogens (tertiary/aromatic N) is 1. The van der Waals surface area contributed by atoms with Gasteiger partial charge in [0.15, 0.2) is 0 Å². The van der Waals surface area contributed by atoms with E-state index in [1.165, 1.54) is 19.1 Å². The molecular formula is C50H73NO13. The number of hydrogen-bond acceptors (Lipinski definition) is 13. The molecule has 356 valence electrons. The van der Waals surface area contributed by atoms with Crippen LogP contribution in [-0.4, -0.2) is 127 Å². The fourth-order valence-electron chi connectivity index (χ4n) is 10.3. The molecule has 1 aromatic rings. The number of aliphatic hydroxyl groups excluding tert-OH is 1. The summed E-state index contributed by atoms with van der Waals surface area (Å²) >= 11 is 0. The Bertz CT molecular complexity index is 1850. The molecule has 14 atom stereocenters. The standard InChI is InChI=1S/C50H73NO13/c1-10-36-21-29(2)20-30(3)22-43(60-8)46-44(61-9)24-32(5)50(58,64-46)47(55)48(56)51-19-12-11-16-38(51)49(57)63-45(33(6)39(53)27-40(36)54)31(4)23-34-17-18-41(42(26-34)59-7)62-37-15-13-14-35(25-37)28-52/h13-15,21,23,25,28,30,32-34,36,38-39,41-46,53,58H,10-12,16-20,22,24,26-27H2,1-9H3/b29-21+,31-23?. The zero-order chi connectivity index (χ0) is 46.9. The Hall–Kier alpha value is -3.79. The van der Waals surface area contributed by atoms with Crippen molar-refractivity contribution in [3.63, 3.8) is 0 Å². The van der Waals surface area contributed by atoms with Crippen LogP contribution in [-0.2, 0) is 42.9 Å². The molecule has 5 rings (SSSR count). The number of benzene rings is 1. The Morgan fingerprint density at radius 1 is 0.922 bits per heavy atom. The number of ether oxygens (including phenoxy) is 6. The first-order valence-corrected chi connectivity index (χ1v) is 23.3. The van der Waals surface area contributed by atoms with E-state index < -0.39 is 77.8 Å². The average Bonchev–Trinajstić information content (AvgIpc) is 3.29. The van der Waals surface area contributed by atoms with Gasteiger partial charge in [-0.3, -0.25) is 19.2 Å². The lowest BCUT2D eigenvalue weighted by Gasteiger charge is -2.47. The lowest BCUT2D eigenvalue weighted by atomic mass is 9.81. The summed E-state index contributed by atoms with van der Waals surface area (Å²) in [5.74, 6) is -7.07. The Morgan fingerprint density at radius 3 is 2.30 bits per heavy atom. The van der Waals surface area contributed by atoms with Crippen LogP contribution >= 0.6 is 0 Å². The molecule has 3 fully saturated rings. The molecule has 14 unspecified atom stereocenters. The number of aldehydes is 1. The highest BCUT2D eigenvalue weighted by Gasteiger charge is 2.56. The Labute approximate surface area is 379 Å². The largest absolute Gasteiger partial charge is 0.488 e. The van der Waals surface area contributed by atoms with Crippen molar-refractivity contribution in [1.82, 2.24) is 4.90 Å². The van der Waals surface area contributed by atoms with Gasteiger partial charge in [-0.25, -0.2) is 4.79 Å². The lowest BCUT2D eigenvalue weighted by Crippen LogP contribution is -2.64. The van der Waals surface area contributed by atoms with Gasteiger partial charge in [0.25, 0.3) is 11.7 Å². The molecule has 3 aliphatic heterocycles. The molecule has 1 saturated carbocycles. The maximum Gasteiger partial charge on any atom is 0.329 e. The summed E-state index contributed by atoms with van der Waals surface area (Å²) in [5, 5.41) is 23.9. The molecule has 64 heavy (non-hydrogen) atoms. The molecule has 3 heterocycles. The topological polar surface area (TPSA) is 184 Å². The van der Waals surface area contributed by atoms with Crippen LogP contribution in [0.25, 0.3) is 0 Å². The van der Waals surface area contributed by atoms with Crippen molar-refractivity contribution in [1.29, 1.82) is 0 Å². The van der Waals surface area contributed by atoms with Crippen LogP contribution in [0.15, 0.2) is 47.6 Å².